The van der Waals surface area contributed by atoms with Gasteiger partial charge in [0.1, 0.15) is 16.9 Å². The van der Waals surface area contributed by atoms with Crippen LogP contribution in [0.15, 0.2) is 47.8 Å². The summed E-state index contributed by atoms with van der Waals surface area (Å²) < 4.78 is 6.72. The third-order valence-electron chi connectivity index (χ3n) is 5.61. The van der Waals surface area contributed by atoms with Crippen molar-refractivity contribution in [1.82, 2.24) is 15.1 Å². The minimum absolute atomic E-state index is 0.240. The van der Waals surface area contributed by atoms with Gasteiger partial charge in [-0.2, -0.15) is 5.10 Å². The van der Waals surface area contributed by atoms with E-state index in [0.29, 0.717) is 24.5 Å². The van der Waals surface area contributed by atoms with E-state index in [1.165, 1.54) is 5.56 Å². The molecule has 162 valence electrons. The molecular formula is C23H26N4O3S. The van der Waals surface area contributed by atoms with Crippen LogP contribution in [0.5, 0.6) is 0 Å². The number of fused-ring (bicyclic) bond motifs is 1. The minimum Gasteiger partial charge on any atom is -0.383 e. The van der Waals surface area contributed by atoms with Crippen molar-refractivity contribution in [3.63, 3.8) is 0 Å². The summed E-state index contributed by atoms with van der Waals surface area (Å²) in [6, 6.07) is 13.5. The van der Waals surface area contributed by atoms with E-state index in [-0.39, 0.29) is 18.4 Å². The maximum atomic E-state index is 13.7. The molecule has 1 N–H and O–H groups in total. The van der Waals surface area contributed by atoms with Gasteiger partial charge in [0.25, 0.3) is 5.91 Å². The first kappa shape index (κ1) is 21.3. The first-order valence-electron chi connectivity index (χ1n) is 10.3. The molecule has 1 aliphatic rings. The number of methoxy groups -OCH3 is 1. The van der Waals surface area contributed by atoms with Crippen molar-refractivity contribution in [2.75, 3.05) is 25.2 Å². The van der Waals surface area contributed by atoms with Crippen molar-refractivity contribution in [3.8, 4) is 10.6 Å². The molecule has 0 radical (unpaired) electrons. The number of aromatic nitrogens is 2. The molecule has 1 aromatic carbocycles. The lowest BCUT2D eigenvalue weighted by Crippen LogP contribution is -2.64. The minimum atomic E-state index is -1.13. The van der Waals surface area contributed by atoms with Crippen LogP contribution in [0.3, 0.4) is 0 Å². The summed E-state index contributed by atoms with van der Waals surface area (Å²) >= 11 is 1.57. The van der Waals surface area contributed by atoms with Gasteiger partial charge in [-0.3, -0.25) is 19.2 Å². The van der Waals surface area contributed by atoms with Gasteiger partial charge in [-0.05, 0) is 48.6 Å². The molecule has 1 aliphatic heterocycles. The summed E-state index contributed by atoms with van der Waals surface area (Å²) in [7, 11) is 1.59. The van der Waals surface area contributed by atoms with Crippen LogP contribution in [0.4, 0.5) is 5.69 Å². The molecule has 7 nitrogen and oxygen atoms in total. The smallest absolute Gasteiger partial charge is 0.277 e. The number of rotatable bonds is 7. The standard InChI is InChI=1S/C23H26N4O3S/c1-4-16-7-9-17(10-8-16)27-21(28)19-14-18(20-6-5-13-31-20)25-26(19)15-23(27,2)22(29)24-11-12-30-3/h5-10,13-14H,4,11-12,15H2,1-3H3,(H,24,29)/t23-/m1/s1. The second-order valence-corrected chi connectivity index (χ2v) is 8.68. The normalized spacial score (nSPS) is 18.2. The summed E-state index contributed by atoms with van der Waals surface area (Å²) in [5.74, 6) is -0.480. The number of anilines is 1. The molecule has 0 spiro atoms. The molecule has 0 aliphatic carbocycles. The Hall–Kier alpha value is -2.97. The molecule has 3 aromatic rings. The van der Waals surface area contributed by atoms with E-state index >= 15 is 0 Å². The Labute approximate surface area is 185 Å². The number of aryl methyl sites for hydroxylation is 1. The SMILES string of the molecule is CCc1ccc(N2C(=O)c3cc(-c4cccs4)nn3C[C@]2(C)C(=O)NCCOC)cc1. The average Bonchev–Trinajstić information content (AvgIpc) is 3.44. The lowest BCUT2D eigenvalue weighted by Gasteiger charge is -2.43. The maximum absolute atomic E-state index is 13.7. The van der Waals surface area contributed by atoms with Crippen LogP contribution < -0.4 is 10.2 Å². The van der Waals surface area contributed by atoms with E-state index in [9.17, 15) is 9.59 Å². The van der Waals surface area contributed by atoms with Crippen molar-refractivity contribution < 1.29 is 14.3 Å². The fraction of sp³-hybridized carbons (Fsp3) is 0.348. The van der Waals surface area contributed by atoms with E-state index < -0.39 is 5.54 Å². The second-order valence-electron chi connectivity index (χ2n) is 7.73. The van der Waals surface area contributed by atoms with Gasteiger partial charge in [0.15, 0.2) is 0 Å². The number of carbonyl (C=O) groups is 2. The summed E-state index contributed by atoms with van der Waals surface area (Å²) in [6.45, 7) is 4.90. The fourth-order valence-corrected chi connectivity index (χ4v) is 4.55. The highest BCUT2D eigenvalue weighted by molar-refractivity contribution is 7.13. The zero-order valence-corrected chi connectivity index (χ0v) is 18.7. The van der Waals surface area contributed by atoms with Crippen LogP contribution in [-0.4, -0.2) is 47.4 Å². The Morgan fingerprint density at radius 2 is 2.06 bits per heavy atom. The largest absolute Gasteiger partial charge is 0.383 e. The monoisotopic (exact) mass is 438 g/mol. The molecule has 31 heavy (non-hydrogen) atoms. The average molecular weight is 439 g/mol. The number of amides is 2. The number of hydrogen-bond acceptors (Lipinski definition) is 5. The first-order chi connectivity index (χ1) is 15.0. The van der Waals surface area contributed by atoms with E-state index in [4.69, 9.17) is 4.74 Å². The number of nitrogens with zero attached hydrogens (tertiary/aromatic N) is 3. The number of thiophene rings is 1. The third kappa shape index (κ3) is 3.88. The van der Waals surface area contributed by atoms with Gasteiger partial charge in [-0.15, -0.1) is 11.3 Å². The number of nitrogens with one attached hydrogen (secondary N) is 1. The van der Waals surface area contributed by atoms with Crippen LogP contribution >= 0.6 is 11.3 Å². The van der Waals surface area contributed by atoms with Gasteiger partial charge in [-0.25, -0.2) is 0 Å². The first-order valence-corrected chi connectivity index (χ1v) is 11.2. The zero-order valence-electron chi connectivity index (χ0n) is 17.9. The molecule has 4 rings (SSSR count). The zero-order chi connectivity index (χ0) is 22.0. The third-order valence-corrected chi connectivity index (χ3v) is 6.50. The summed E-state index contributed by atoms with van der Waals surface area (Å²) in [5.41, 5.74) is 1.94. The Bertz CT molecular complexity index is 1070. The summed E-state index contributed by atoms with van der Waals surface area (Å²) in [6.07, 6.45) is 0.903. The molecule has 0 fully saturated rings. The molecule has 0 saturated heterocycles. The van der Waals surface area contributed by atoms with Gasteiger partial charge < -0.3 is 10.1 Å². The molecule has 2 aromatic heterocycles. The van der Waals surface area contributed by atoms with Crippen molar-refractivity contribution in [2.24, 2.45) is 0 Å². The van der Waals surface area contributed by atoms with Gasteiger partial charge in [0, 0.05) is 19.3 Å². The predicted molar refractivity (Wildman–Crippen MR) is 121 cm³/mol. The van der Waals surface area contributed by atoms with Gasteiger partial charge in [0.05, 0.1) is 18.0 Å². The highest BCUT2D eigenvalue weighted by Gasteiger charge is 2.48. The topological polar surface area (TPSA) is 76.5 Å². The van der Waals surface area contributed by atoms with Crippen molar-refractivity contribution in [1.29, 1.82) is 0 Å². The van der Waals surface area contributed by atoms with Crippen LogP contribution in [0.1, 0.15) is 29.9 Å². The lowest BCUT2D eigenvalue weighted by molar-refractivity contribution is -0.126. The van der Waals surface area contributed by atoms with E-state index in [1.807, 2.05) is 47.8 Å². The van der Waals surface area contributed by atoms with Crippen LogP contribution in [-0.2, 0) is 22.5 Å². The Balaban J connectivity index is 1.77. The molecule has 8 heteroatoms. The second kappa shape index (κ2) is 8.64. The summed E-state index contributed by atoms with van der Waals surface area (Å²) in [5, 5.41) is 9.53. The van der Waals surface area contributed by atoms with Gasteiger partial charge in [-0.1, -0.05) is 25.1 Å². The van der Waals surface area contributed by atoms with Crippen LogP contribution in [0.2, 0.25) is 0 Å². The number of hydrogen-bond donors (Lipinski definition) is 1. The Morgan fingerprint density at radius 1 is 1.29 bits per heavy atom. The van der Waals surface area contributed by atoms with Crippen molar-refractivity contribution in [2.45, 2.75) is 32.4 Å². The molecule has 3 heterocycles. The number of carbonyl (C=O) groups excluding carboxylic acids is 2. The summed E-state index contributed by atoms with van der Waals surface area (Å²) in [4.78, 5) is 29.5. The molecular weight excluding hydrogens is 412 g/mol. The maximum Gasteiger partial charge on any atom is 0.277 e. The van der Waals surface area contributed by atoms with E-state index in [2.05, 4.69) is 17.3 Å². The molecule has 0 bridgehead atoms. The fourth-order valence-electron chi connectivity index (χ4n) is 3.87. The van der Waals surface area contributed by atoms with Gasteiger partial charge in [0.2, 0.25) is 5.91 Å². The highest BCUT2D eigenvalue weighted by atomic mass is 32.1. The van der Waals surface area contributed by atoms with E-state index in [1.54, 1.807) is 35.0 Å². The van der Waals surface area contributed by atoms with E-state index in [0.717, 1.165) is 17.0 Å². The van der Waals surface area contributed by atoms with Crippen molar-refractivity contribution >= 4 is 28.8 Å². The quantitative estimate of drug-likeness (QED) is 0.574. The van der Waals surface area contributed by atoms with Crippen LogP contribution in [0, 0.1) is 0 Å². The molecule has 0 saturated carbocycles. The molecule has 0 unspecified atom stereocenters. The lowest BCUT2D eigenvalue weighted by atomic mass is 9.93. The molecule has 2 amide bonds. The highest BCUT2D eigenvalue weighted by Crippen LogP contribution is 2.35. The number of ether oxygens (including phenoxy) is 1. The Kier molecular flexibility index (Phi) is 5.93. The van der Waals surface area contributed by atoms with Crippen LogP contribution in [0.25, 0.3) is 10.6 Å². The van der Waals surface area contributed by atoms with Crippen molar-refractivity contribution in [3.05, 3.63) is 59.1 Å². The van der Waals surface area contributed by atoms with Gasteiger partial charge >= 0.3 is 0 Å². The predicted octanol–water partition coefficient (Wildman–Crippen LogP) is 3.36. The molecule has 1 atom stereocenters. The Morgan fingerprint density at radius 3 is 2.71 bits per heavy atom. The number of benzene rings is 1.